The van der Waals surface area contributed by atoms with E-state index in [1.807, 2.05) is 0 Å². The molecule has 1 aromatic heterocycles. The predicted octanol–water partition coefficient (Wildman–Crippen LogP) is 2.33. The molecule has 98 valence electrons. The summed E-state index contributed by atoms with van der Waals surface area (Å²) in [4.78, 5) is 18.6. The molecular weight excluding hydrogens is 258 g/mol. The second-order valence-electron chi connectivity index (χ2n) is 3.41. The third kappa shape index (κ3) is 3.01. The number of nitrogens with zero attached hydrogens (tertiary/aromatic N) is 2. The van der Waals surface area contributed by atoms with Gasteiger partial charge in [0.25, 0.3) is 0 Å². The van der Waals surface area contributed by atoms with Crippen LogP contribution < -0.4 is 4.74 Å². The highest BCUT2D eigenvalue weighted by molar-refractivity contribution is 5.86. The van der Waals surface area contributed by atoms with E-state index in [4.69, 9.17) is 4.74 Å². The SMILES string of the molecule is COC(=O)c1cnc(Oc2cc(F)ccc2F)cn1. The molecule has 0 N–H and O–H groups in total. The molecule has 0 atom stereocenters. The third-order valence-electron chi connectivity index (χ3n) is 2.13. The summed E-state index contributed by atoms with van der Waals surface area (Å²) in [5.74, 6) is -2.43. The lowest BCUT2D eigenvalue weighted by atomic mass is 10.3. The number of carbonyl (C=O) groups is 1. The van der Waals surface area contributed by atoms with Crippen molar-refractivity contribution in [2.24, 2.45) is 0 Å². The summed E-state index contributed by atoms with van der Waals surface area (Å²) < 4.78 is 35.7. The minimum absolute atomic E-state index is 0.0189. The summed E-state index contributed by atoms with van der Waals surface area (Å²) >= 11 is 0. The molecule has 1 aromatic carbocycles. The van der Waals surface area contributed by atoms with Crippen molar-refractivity contribution in [1.82, 2.24) is 9.97 Å². The Morgan fingerprint density at radius 1 is 1.21 bits per heavy atom. The van der Waals surface area contributed by atoms with E-state index in [1.54, 1.807) is 0 Å². The summed E-state index contributed by atoms with van der Waals surface area (Å²) in [6.45, 7) is 0. The van der Waals surface area contributed by atoms with Gasteiger partial charge in [0.2, 0.25) is 5.88 Å². The molecule has 1 heterocycles. The molecule has 0 aliphatic rings. The van der Waals surface area contributed by atoms with Crippen LogP contribution in [0.25, 0.3) is 0 Å². The summed E-state index contributed by atoms with van der Waals surface area (Å²) in [6, 6.07) is 2.78. The first-order valence-corrected chi connectivity index (χ1v) is 5.13. The number of esters is 1. The average Bonchev–Trinajstić information content (AvgIpc) is 2.43. The Balaban J connectivity index is 2.19. The van der Waals surface area contributed by atoms with E-state index in [-0.39, 0.29) is 17.3 Å². The Kier molecular flexibility index (Phi) is 3.65. The maximum Gasteiger partial charge on any atom is 0.358 e. The van der Waals surface area contributed by atoms with Crippen LogP contribution in [0.4, 0.5) is 8.78 Å². The van der Waals surface area contributed by atoms with E-state index in [0.717, 1.165) is 30.6 Å². The van der Waals surface area contributed by atoms with Crippen molar-refractivity contribution < 1.29 is 23.0 Å². The lowest BCUT2D eigenvalue weighted by Crippen LogP contribution is -2.05. The van der Waals surface area contributed by atoms with E-state index >= 15 is 0 Å². The van der Waals surface area contributed by atoms with Gasteiger partial charge >= 0.3 is 5.97 Å². The van der Waals surface area contributed by atoms with Crippen LogP contribution >= 0.6 is 0 Å². The molecule has 7 heteroatoms. The van der Waals surface area contributed by atoms with Gasteiger partial charge < -0.3 is 9.47 Å². The zero-order valence-corrected chi connectivity index (χ0v) is 9.76. The van der Waals surface area contributed by atoms with Gasteiger partial charge in [0.05, 0.1) is 19.5 Å². The van der Waals surface area contributed by atoms with Crippen LogP contribution in [-0.4, -0.2) is 23.0 Å². The van der Waals surface area contributed by atoms with Gasteiger partial charge in [-0.2, -0.15) is 0 Å². The molecule has 0 aliphatic carbocycles. The fourth-order valence-electron chi connectivity index (χ4n) is 1.25. The van der Waals surface area contributed by atoms with Gasteiger partial charge in [-0.05, 0) is 12.1 Å². The molecule has 2 rings (SSSR count). The minimum atomic E-state index is -0.736. The van der Waals surface area contributed by atoms with Gasteiger partial charge in [0.15, 0.2) is 17.3 Å². The minimum Gasteiger partial charge on any atom is -0.464 e. The maximum atomic E-state index is 13.3. The molecule has 19 heavy (non-hydrogen) atoms. The van der Waals surface area contributed by atoms with Crippen molar-refractivity contribution in [2.45, 2.75) is 0 Å². The van der Waals surface area contributed by atoms with Crippen LogP contribution in [0.5, 0.6) is 11.6 Å². The van der Waals surface area contributed by atoms with Gasteiger partial charge in [-0.1, -0.05) is 0 Å². The standard InChI is InChI=1S/C12H8F2N2O3/c1-18-12(17)9-5-16-11(6-15-9)19-10-4-7(13)2-3-8(10)14/h2-6H,1H3. The average molecular weight is 266 g/mol. The highest BCUT2D eigenvalue weighted by Gasteiger charge is 2.10. The topological polar surface area (TPSA) is 61.3 Å². The first-order chi connectivity index (χ1) is 9.10. The van der Waals surface area contributed by atoms with Crippen molar-refractivity contribution >= 4 is 5.97 Å². The zero-order valence-electron chi connectivity index (χ0n) is 9.76. The first kappa shape index (κ1) is 12.9. The highest BCUT2D eigenvalue weighted by atomic mass is 19.1. The molecular formula is C12H8F2N2O3. The van der Waals surface area contributed by atoms with Crippen LogP contribution in [-0.2, 0) is 4.74 Å². The van der Waals surface area contributed by atoms with Crippen molar-refractivity contribution in [2.75, 3.05) is 7.11 Å². The Morgan fingerprint density at radius 2 is 2.00 bits per heavy atom. The van der Waals surface area contributed by atoms with Gasteiger partial charge in [-0.3, -0.25) is 0 Å². The maximum absolute atomic E-state index is 13.3. The Hall–Kier alpha value is -2.57. The summed E-state index contributed by atoms with van der Waals surface area (Å²) in [5.41, 5.74) is -0.0189. The fraction of sp³-hybridized carbons (Fsp3) is 0.0833. The Bertz CT molecular complexity index is 602. The molecule has 0 bridgehead atoms. The number of aromatic nitrogens is 2. The van der Waals surface area contributed by atoms with Crippen molar-refractivity contribution in [1.29, 1.82) is 0 Å². The lowest BCUT2D eigenvalue weighted by molar-refractivity contribution is 0.0593. The number of halogens is 2. The number of hydrogen-bond donors (Lipinski definition) is 0. The number of hydrogen-bond acceptors (Lipinski definition) is 5. The summed E-state index contributed by atoms with van der Waals surface area (Å²) in [7, 11) is 1.20. The predicted molar refractivity (Wildman–Crippen MR) is 59.8 cm³/mol. The fourth-order valence-corrected chi connectivity index (χ4v) is 1.25. The third-order valence-corrected chi connectivity index (χ3v) is 2.13. The zero-order chi connectivity index (χ0) is 13.8. The number of rotatable bonds is 3. The van der Waals surface area contributed by atoms with Crippen molar-refractivity contribution in [3.63, 3.8) is 0 Å². The monoisotopic (exact) mass is 266 g/mol. The van der Waals surface area contributed by atoms with Crippen molar-refractivity contribution in [3.8, 4) is 11.6 Å². The molecule has 0 radical (unpaired) electrons. The number of methoxy groups -OCH3 is 1. The first-order valence-electron chi connectivity index (χ1n) is 5.13. The van der Waals surface area contributed by atoms with E-state index < -0.39 is 17.6 Å². The molecule has 0 fully saturated rings. The smallest absolute Gasteiger partial charge is 0.358 e. The normalized spacial score (nSPS) is 10.1. The molecule has 0 saturated carbocycles. The van der Waals surface area contributed by atoms with Gasteiger partial charge in [-0.15, -0.1) is 0 Å². The van der Waals surface area contributed by atoms with Crippen LogP contribution in [0.3, 0.4) is 0 Å². The lowest BCUT2D eigenvalue weighted by Gasteiger charge is -2.05. The molecule has 2 aromatic rings. The largest absolute Gasteiger partial charge is 0.464 e. The molecule has 0 unspecified atom stereocenters. The molecule has 0 saturated heterocycles. The van der Waals surface area contributed by atoms with Crippen LogP contribution in [0.2, 0.25) is 0 Å². The summed E-state index contributed by atoms with van der Waals surface area (Å²) in [5, 5.41) is 0. The van der Waals surface area contributed by atoms with E-state index in [1.165, 1.54) is 7.11 Å². The molecule has 0 spiro atoms. The Labute approximate surface area is 106 Å². The Morgan fingerprint density at radius 3 is 2.63 bits per heavy atom. The highest BCUT2D eigenvalue weighted by Crippen LogP contribution is 2.23. The van der Waals surface area contributed by atoms with Gasteiger partial charge in [0.1, 0.15) is 5.82 Å². The quantitative estimate of drug-likeness (QED) is 0.798. The molecule has 0 aliphatic heterocycles. The molecule has 5 nitrogen and oxygen atoms in total. The second-order valence-corrected chi connectivity index (χ2v) is 3.41. The van der Waals surface area contributed by atoms with Gasteiger partial charge in [-0.25, -0.2) is 23.5 Å². The van der Waals surface area contributed by atoms with E-state index in [0.29, 0.717) is 0 Å². The summed E-state index contributed by atoms with van der Waals surface area (Å²) in [6.07, 6.45) is 2.22. The number of benzene rings is 1. The van der Waals surface area contributed by atoms with E-state index in [9.17, 15) is 13.6 Å². The molecule has 0 amide bonds. The van der Waals surface area contributed by atoms with Crippen LogP contribution in [0.1, 0.15) is 10.5 Å². The second kappa shape index (κ2) is 5.38. The van der Waals surface area contributed by atoms with E-state index in [2.05, 4.69) is 14.7 Å². The van der Waals surface area contributed by atoms with Crippen LogP contribution in [0, 0.1) is 11.6 Å². The van der Waals surface area contributed by atoms with Crippen molar-refractivity contribution in [3.05, 3.63) is 47.9 Å². The van der Waals surface area contributed by atoms with Crippen LogP contribution in [0.15, 0.2) is 30.6 Å². The van der Waals surface area contributed by atoms with Gasteiger partial charge in [0, 0.05) is 6.07 Å². The number of carbonyl (C=O) groups excluding carboxylic acids is 1. The number of ether oxygens (including phenoxy) is 2.